The summed E-state index contributed by atoms with van der Waals surface area (Å²) in [4.78, 5) is 26.3. The summed E-state index contributed by atoms with van der Waals surface area (Å²) in [5.74, 6) is 0.112. The number of benzene rings is 1. The van der Waals surface area contributed by atoms with E-state index in [1.54, 1.807) is 7.05 Å². The molecule has 4 nitrogen and oxygen atoms in total. The molecule has 1 aliphatic heterocycles. The number of ketones is 1. The van der Waals surface area contributed by atoms with Crippen LogP contribution in [0.5, 0.6) is 0 Å². The predicted octanol–water partition coefficient (Wildman–Crippen LogP) is 1.78. The number of carbonyl (C=O) groups excluding carboxylic acids is 2. The van der Waals surface area contributed by atoms with Crippen LogP contribution in [-0.4, -0.2) is 42.8 Å². The molecule has 2 rings (SSSR count). The monoisotopic (exact) mass is 274 g/mol. The molecule has 1 heterocycles. The number of likely N-dealkylation sites (tertiary alicyclic amines) is 1. The Balaban J connectivity index is 2.09. The lowest BCUT2D eigenvalue weighted by Crippen LogP contribution is -2.50. The first-order valence-corrected chi connectivity index (χ1v) is 7.18. The first-order valence-electron chi connectivity index (χ1n) is 7.18. The van der Waals surface area contributed by atoms with Crippen molar-refractivity contribution >= 4 is 11.7 Å². The van der Waals surface area contributed by atoms with Crippen LogP contribution < -0.4 is 5.32 Å². The molecule has 0 bridgehead atoms. The summed E-state index contributed by atoms with van der Waals surface area (Å²) < 4.78 is 0. The zero-order valence-electron chi connectivity index (χ0n) is 12.2. The van der Waals surface area contributed by atoms with Crippen molar-refractivity contribution in [2.75, 3.05) is 20.1 Å². The largest absolute Gasteiger partial charge is 0.358 e. The minimum absolute atomic E-state index is 0.0160. The standard InChI is InChI=1S/C16H22N2O2/c1-12-7-3-4-8-13(12)15(19)11-18-10-6-5-9-14(18)16(20)17-2/h3-4,7-8,14H,5-6,9-11H2,1-2H3,(H,17,20). The van der Waals surface area contributed by atoms with Crippen molar-refractivity contribution in [1.82, 2.24) is 10.2 Å². The van der Waals surface area contributed by atoms with E-state index in [4.69, 9.17) is 0 Å². The summed E-state index contributed by atoms with van der Waals surface area (Å²) in [5, 5.41) is 2.70. The number of carbonyl (C=O) groups is 2. The number of piperidine rings is 1. The zero-order chi connectivity index (χ0) is 14.5. The van der Waals surface area contributed by atoms with E-state index in [1.807, 2.05) is 36.1 Å². The summed E-state index contributed by atoms with van der Waals surface area (Å²) in [6.07, 6.45) is 2.93. The summed E-state index contributed by atoms with van der Waals surface area (Å²) in [6.45, 7) is 3.08. The van der Waals surface area contributed by atoms with Gasteiger partial charge in [-0.1, -0.05) is 30.7 Å². The molecular weight excluding hydrogens is 252 g/mol. The lowest BCUT2D eigenvalue weighted by atomic mass is 9.99. The maximum Gasteiger partial charge on any atom is 0.237 e. The molecule has 1 N–H and O–H groups in total. The van der Waals surface area contributed by atoms with E-state index in [1.165, 1.54) is 0 Å². The third-order valence-corrected chi connectivity index (χ3v) is 3.95. The smallest absolute Gasteiger partial charge is 0.237 e. The Hall–Kier alpha value is -1.68. The average molecular weight is 274 g/mol. The molecule has 0 aliphatic carbocycles. The van der Waals surface area contributed by atoms with Crippen molar-refractivity contribution in [3.05, 3.63) is 35.4 Å². The molecular formula is C16H22N2O2. The van der Waals surface area contributed by atoms with Crippen LogP contribution in [-0.2, 0) is 4.79 Å². The lowest BCUT2D eigenvalue weighted by molar-refractivity contribution is -0.126. The second-order valence-electron chi connectivity index (χ2n) is 5.33. The number of aryl methyl sites for hydroxylation is 1. The van der Waals surface area contributed by atoms with E-state index < -0.39 is 0 Å². The van der Waals surface area contributed by atoms with Crippen molar-refractivity contribution in [3.63, 3.8) is 0 Å². The van der Waals surface area contributed by atoms with Crippen LogP contribution in [0.4, 0.5) is 0 Å². The highest BCUT2D eigenvalue weighted by Gasteiger charge is 2.29. The normalized spacial score (nSPS) is 19.6. The molecule has 0 spiro atoms. The molecule has 1 aliphatic rings. The third kappa shape index (κ3) is 3.25. The highest BCUT2D eigenvalue weighted by atomic mass is 16.2. The summed E-state index contributed by atoms with van der Waals surface area (Å²) >= 11 is 0. The second kappa shape index (κ2) is 6.66. The van der Waals surface area contributed by atoms with Gasteiger partial charge in [0.25, 0.3) is 0 Å². The number of nitrogens with one attached hydrogen (secondary N) is 1. The molecule has 4 heteroatoms. The predicted molar refractivity (Wildman–Crippen MR) is 78.8 cm³/mol. The summed E-state index contributed by atoms with van der Waals surface area (Å²) in [7, 11) is 1.65. The fraction of sp³-hybridized carbons (Fsp3) is 0.500. The minimum atomic E-state index is -0.165. The van der Waals surface area contributed by atoms with E-state index in [0.29, 0.717) is 6.54 Å². The first kappa shape index (κ1) is 14.7. The number of amides is 1. The molecule has 1 aromatic rings. The number of Topliss-reactive ketones (excluding diaryl/α,β-unsaturated/α-hetero) is 1. The van der Waals surface area contributed by atoms with Crippen molar-refractivity contribution in [3.8, 4) is 0 Å². The topological polar surface area (TPSA) is 49.4 Å². The molecule has 0 saturated carbocycles. The Kier molecular flexibility index (Phi) is 4.90. The van der Waals surface area contributed by atoms with Gasteiger partial charge in [-0.05, 0) is 31.9 Å². The van der Waals surface area contributed by atoms with Gasteiger partial charge in [0.05, 0.1) is 12.6 Å². The Labute approximate surface area is 120 Å². The fourth-order valence-corrected chi connectivity index (χ4v) is 2.80. The number of hydrogen-bond acceptors (Lipinski definition) is 3. The van der Waals surface area contributed by atoms with Crippen molar-refractivity contribution in [1.29, 1.82) is 0 Å². The van der Waals surface area contributed by atoms with Gasteiger partial charge < -0.3 is 5.32 Å². The highest BCUT2D eigenvalue weighted by molar-refractivity contribution is 5.99. The van der Waals surface area contributed by atoms with Crippen molar-refractivity contribution in [2.24, 2.45) is 0 Å². The van der Waals surface area contributed by atoms with Crippen LogP contribution in [0, 0.1) is 6.92 Å². The van der Waals surface area contributed by atoms with Crippen LogP contribution in [0.25, 0.3) is 0 Å². The Morgan fingerprint density at radius 1 is 1.30 bits per heavy atom. The van der Waals surface area contributed by atoms with E-state index in [-0.39, 0.29) is 17.7 Å². The lowest BCUT2D eigenvalue weighted by Gasteiger charge is -2.33. The summed E-state index contributed by atoms with van der Waals surface area (Å²) in [6, 6.07) is 7.45. The van der Waals surface area contributed by atoms with Gasteiger partial charge in [0.2, 0.25) is 5.91 Å². The van der Waals surface area contributed by atoms with Gasteiger partial charge in [-0.25, -0.2) is 0 Å². The fourth-order valence-electron chi connectivity index (χ4n) is 2.80. The zero-order valence-corrected chi connectivity index (χ0v) is 12.2. The first-order chi connectivity index (χ1) is 9.63. The highest BCUT2D eigenvalue weighted by Crippen LogP contribution is 2.18. The van der Waals surface area contributed by atoms with Gasteiger partial charge >= 0.3 is 0 Å². The molecule has 0 aromatic heterocycles. The number of rotatable bonds is 4. The van der Waals surface area contributed by atoms with Crippen LogP contribution in [0.15, 0.2) is 24.3 Å². The molecule has 0 radical (unpaired) electrons. The van der Waals surface area contributed by atoms with Gasteiger partial charge in [0, 0.05) is 12.6 Å². The van der Waals surface area contributed by atoms with Gasteiger partial charge in [-0.2, -0.15) is 0 Å². The van der Waals surface area contributed by atoms with Crippen LogP contribution in [0.3, 0.4) is 0 Å². The maximum atomic E-state index is 12.4. The minimum Gasteiger partial charge on any atom is -0.358 e. The molecule has 1 atom stereocenters. The van der Waals surface area contributed by atoms with Crippen molar-refractivity contribution < 1.29 is 9.59 Å². The molecule has 1 amide bonds. The van der Waals surface area contributed by atoms with Gasteiger partial charge in [-0.3, -0.25) is 14.5 Å². The molecule has 108 valence electrons. The van der Waals surface area contributed by atoms with Gasteiger partial charge in [-0.15, -0.1) is 0 Å². The number of hydrogen-bond donors (Lipinski definition) is 1. The molecule has 20 heavy (non-hydrogen) atoms. The molecule has 1 unspecified atom stereocenters. The van der Waals surface area contributed by atoms with Gasteiger partial charge in [0.1, 0.15) is 0 Å². The Morgan fingerprint density at radius 2 is 2.05 bits per heavy atom. The number of nitrogens with zero attached hydrogens (tertiary/aromatic N) is 1. The number of likely N-dealkylation sites (N-methyl/N-ethyl adjacent to an activating group) is 1. The Bertz CT molecular complexity index is 499. The Morgan fingerprint density at radius 3 is 2.75 bits per heavy atom. The quantitative estimate of drug-likeness (QED) is 0.851. The van der Waals surface area contributed by atoms with Crippen molar-refractivity contribution in [2.45, 2.75) is 32.2 Å². The molecule has 1 fully saturated rings. The second-order valence-corrected chi connectivity index (χ2v) is 5.33. The third-order valence-electron chi connectivity index (χ3n) is 3.95. The van der Waals surface area contributed by atoms with E-state index in [0.717, 1.165) is 36.9 Å². The van der Waals surface area contributed by atoms with E-state index in [9.17, 15) is 9.59 Å². The van der Waals surface area contributed by atoms with E-state index in [2.05, 4.69) is 5.32 Å². The van der Waals surface area contributed by atoms with Crippen LogP contribution in [0.2, 0.25) is 0 Å². The SMILES string of the molecule is CNC(=O)C1CCCCN1CC(=O)c1ccccc1C. The van der Waals surface area contributed by atoms with Gasteiger partial charge in [0.15, 0.2) is 5.78 Å². The van der Waals surface area contributed by atoms with Crippen LogP contribution in [0.1, 0.15) is 35.2 Å². The molecule has 1 aromatic carbocycles. The summed E-state index contributed by atoms with van der Waals surface area (Å²) in [5.41, 5.74) is 1.75. The average Bonchev–Trinajstić information content (AvgIpc) is 2.47. The van der Waals surface area contributed by atoms with E-state index >= 15 is 0 Å². The van der Waals surface area contributed by atoms with Crippen LogP contribution >= 0.6 is 0 Å². The molecule has 1 saturated heterocycles. The maximum absolute atomic E-state index is 12.4.